The van der Waals surface area contributed by atoms with E-state index in [-0.39, 0.29) is 37.2 Å². The van der Waals surface area contributed by atoms with Gasteiger partial charge in [0.1, 0.15) is 24.6 Å². The highest BCUT2D eigenvalue weighted by Gasteiger charge is 2.36. The number of carbonyl (C=O) groups is 4. The third kappa shape index (κ3) is 6.93. The molecule has 3 aliphatic rings. The zero-order valence-corrected chi connectivity index (χ0v) is 24.5. The van der Waals surface area contributed by atoms with E-state index >= 15 is 0 Å². The molecule has 2 saturated heterocycles. The van der Waals surface area contributed by atoms with Crippen LogP contribution < -0.4 is 10.1 Å². The minimum absolute atomic E-state index is 0.0907. The summed E-state index contributed by atoms with van der Waals surface area (Å²) in [5.41, 5.74) is 2.54. The Labute approximate surface area is 254 Å². The van der Waals surface area contributed by atoms with Gasteiger partial charge in [-0.25, -0.2) is 4.79 Å². The van der Waals surface area contributed by atoms with Crippen LogP contribution >= 0.6 is 0 Å². The molecule has 3 fully saturated rings. The highest BCUT2D eigenvalue weighted by atomic mass is 16.5. The molecule has 2 aromatic carbocycles. The lowest BCUT2D eigenvalue weighted by Crippen LogP contribution is -2.46. The average Bonchev–Trinajstić information content (AvgIpc) is 3.55. The minimum atomic E-state index is -0.528. The van der Waals surface area contributed by atoms with Gasteiger partial charge in [0.25, 0.3) is 5.91 Å². The second-order valence-electron chi connectivity index (χ2n) is 11.7. The molecule has 2 aliphatic heterocycles. The molecule has 44 heavy (non-hydrogen) atoms. The van der Waals surface area contributed by atoms with E-state index in [2.05, 4.69) is 22.6 Å². The molecule has 4 atom stereocenters. The Morgan fingerprint density at radius 3 is 2.45 bits per heavy atom. The lowest BCUT2D eigenvalue weighted by atomic mass is 10.00. The lowest BCUT2D eigenvalue weighted by Gasteiger charge is -2.33. The fourth-order valence-corrected chi connectivity index (χ4v) is 5.72. The van der Waals surface area contributed by atoms with E-state index in [9.17, 15) is 19.2 Å². The molecule has 3 heterocycles. The molecule has 1 N–H and O–H groups in total. The minimum Gasteiger partial charge on any atom is -0.484 e. The number of carbonyl (C=O) groups excluding carboxylic acids is 4. The van der Waals surface area contributed by atoms with E-state index < -0.39 is 36.0 Å². The first-order valence-corrected chi connectivity index (χ1v) is 15.1. The third-order valence-corrected chi connectivity index (χ3v) is 8.31. The summed E-state index contributed by atoms with van der Waals surface area (Å²) in [6, 6.07) is 16.0. The zero-order chi connectivity index (χ0) is 30.6. The standard InChI is InChI=1S/C33H35N3O8/c1-20(35-31(38)28-14-15-34-44-28)30(23-8-6-22(7-9-23)21-4-5-21)42-26-12-10-24(11-13-26)33(40)43-27-3-2-16-36(18-27)32(39)25-17-29(37)41-19-25/h6-15,20-21,25,27,30H,2-5,16-19H2,1H3,(H,35,38)/t20-,25+,27-,30-/m0/s1. The van der Waals surface area contributed by atoms with Gasteiger partial charge in [-0.15, -0.1) is 0 Å². The van der Waals surface area contributed by atoms with Gasteiger partial charge in [0.15, 0.2) is 0 Å². The fourth-order valence-electron chi connectivity index (χ4n) is 5.72. The second-order valence-corrected chi connectivity index (χ2v) is 11.7. The van der Waals surface area contributed by atoms with Crippen LogP contribution in [0.1, 0.15) is 83.1 Å². The van der Waals surface area contributed by atoms with Crippen molar-refractivity contribution in [2.45, 2.75) is 63.2 Å². The van der Waals surface area contributed by atoms with Gasteiger partial charge in [-0.3, -0.25) is 14.4 Å². The molecule has 1 aromatic heterocycles. The number of ether oxygens (including phenoxy) is 3. The Hall–Kier alpha value is -4.67. The molecule has 11 nitrogen and oxygen atoms in total. The largest absolute Gasteiger partial charge is 0.484 e. The number of benzene rings is 2. The predicted molar refractivity (Wildman–Crippen MR) is 156 cm³/mol. The van der Waals surface area contributed by atoms with Crippen molar-refractivity contribution in [2.24, 2.45) is 5.92 Å². The van der Waals surface area contributed by atoms with Crippen molar-refractivity contribution in [3.8, 4) is 5.75 Å². The monoisotopic (exact) mass is 601 g/mol. The van der Waals surface area contributed by atoms with Gasteiger partial charge < -0.3 is 29.0 Å². The van der Waals surface area contributed by atoms with Gasteiger partial charge in [-0.2, -0.15) is 0 Å². The van der Waals surface area contributed by atoms with Crippen LogP contribution in [0.3, 0.4) is 0 Å². The molecule has 3 aromatic rings. The van der Waals surface area contributed by atoms with Crippen molar-refractivity contribution in [1.82, 2.24) is 15.4 Å². The highest BCUT2D eigenvalue weighted by molar-refractivity contribution is 5.91. The van der Waals surface area contributed by atoms with E-state index in [0.717, 1.165) is 5.56 Å². The summed E-state index contributed by atoms with van der Waals surface area (Å²) in [7, 11) is 0. The molecular weight excluding hydrogens is 566 g/mol. The molecule has 1 saturated carbocycles. The molecule has 230 valence electrons. The normalized spacial score (nSPS) is 21.2. The smallest absolute Gasteiger partial charge is 0.338 e. The molecule has 1 aliphatic carbocycles. The molecule has 11 heteroatoms. The van der Waals surface area contributed by atoms with Crippen LogP contribution in [0, 0.1) is 5.92 Å². The summed E-state index contributed by atoms with van der Waals surface area (Å²) in [5.74, 6) is -0.622. The van der Waals surface area contributed by atoms with Crippen LogP contribution in [-0.2, 0) is 19.1 Å². The van der Waals surface area contributed by atoms with Crippen molar-refractivity contribution in [2.75, 3.05) is 19.7 Å². The van der Waals surface area contributed by atoms with E-state index in [4.69, 9.17) is 18.7 Å². The number of amides is 2. The molecule has 2 amide bonds. The lowest BCUT2D eigenvalue weighted by molar-refractivity contribution is -0.139. The third-order valence-electron chi connectivity index (χ3n) is 8.31. The van der Waals surface area contributed by atoms with Gasteiger partial charge >= 0.3 is 11.9 Å². The topological polar surface area (TPSA) is 137 Å². The first kappa shape index (κ1) is 29.4. The SMILES string of the molecule is C[C@H](NC(=O)c1ccno1)[C@H](Oc1ccc(C(=O)O[C@H]2CCCN(C(=O)[C@H]3COC(=O)C3)C2)cc1)c1ccc(C2CC2)cc1. The Balaban J connectivity index is 1.09. The summed E-state index contributed by atoms with van der Waals surface area (Å²) < 4.78 is 22.1. The first-order chi connectivity index (χ1) is 21.3. The van der Waals surface area contributed by atoms with Crippen molar-refractivity contribution in [1.29, 1.82) is 0 Å². The number of esters is 2. The van der Waals surface area contributed by atoms with Crippen molar-refractivity contribution >= 4 is 23.8 Å². The van der Waals surface area contributed by atoms with Crippen LogP contribution in [0.25, 0.3) is 0 Å². The highest BCUT2D eigenvalue weighted by Crippen LogP contribution is 2.40. The second kappa shape index (κ2) is 12.9. The van der Waals surface area contributed by atoms with Gasteiger partial charge in [0.2, 0.25) is 11.7 Å². The Morgan fingerprint density at radius 1 is 1.02 bits per heavy atom. The summed E-state index contributed by atoms with van der Waals surface area (Å²) in [6.45, 7) is 2.81. The summed E-state index contributed by atoms with van der Waals surface area (Å²) in [5, 5.41) is 6.54. The zero-order valence-electron chi connectivity index (χ0n) is 24.5. The van der Waals surface area contributed by atoms with Crippen LogP contribution in [0.5, 0.6) is 5.75 Å². The molecule has 6 rings (SSSR count). The Kier molecular flexibility index (Phi) is 8.63. The summed E-state index contributed by atoms with van der Waals surface area (Å²) in [6.07, 6.45) is 4.29. The molecule has 0 spiro atoms. The van der Waals surface area contributed by atoms with Gasteiger partial charge in [-0.1, -0.05) is 29.4 Å². The molecular formula is C33H35N3O8. The number of aromatic nitrogens is 1. The number of nitrogens with one attached hydrogen (secondary N) is 1. The van der Waals surface area contributed by atoms with Crippen molar-refractivity contribution in [3.63, 3.8) is 0 Å². The quantitative estimate of drug-likeness (QED) is 0.339. The van der Waals surface area contributed by atoms with Gasteiger partial charge in [0.05, 0.1) is 36.7 Å². The van der Waals surface area contributed by atoms with Crippen molar-refractivity contribution in [3.05, 3.63) is 83.2 Å². The van der Waals surface area contributed by atoms with E-state index in [0.29, 0.717) is 36.6 Å². The predicted octanol–water partition coefficient (Wildman–Crippen LogP) is 4.20. The Bertz CT molecular complexity index is 1480. The summed E-state index contributed by atoms with van der Waals surface area (Å²) in [4.78, 5) is 51.6. The maximum absolute atomic E-state index is 13.0. The Morgan fingerprint density at radius 2 is 1.80 bits per heavy atom. The molecule has 0 radical (unpaired) electrons. The number of cyclic esters (lactones) is 1. The average molecular weight is 602 g/mol. The van der Waals surface area contributed by atoms with Crippen LogP contribution in [0.15, 0.2) is 65.3 Å². The molecule has 0 unspecified atom stereocenters. The first-order valence-electron chi connectivity index (χ1n) is 15.1. The fraction of sp³-hybridized carbons (Fsp3) is 0.424. The summed E-state index contributed by atoms with van der Waals surface area (Å²) >= 11 is 0. The number of nitrogens with zero attached hydrogens (tertiary/aromatic N) is 2. The van der Waals surface area contributed by atoms with E-state index in [1.807, 2.05) is 19.1 Å². The molecule has 0 bridgehead atoms. The number of likely N-dealkylation sites (tertiary alicyclic amines) is 1. The van der Waals surface area contributed by atoms with E-state index in [1.54, 1.807) is 29.2 Å². The van der Waals surface area contributed by atoms with Crippen LogP contribution in [-0.4, -0.2) is 65.7 Å². The maximum atomic E-state index is 13.0. The van der Waals surface area contributed by atoms with Crippen LogP contribution in [0.4, 0.5) is 0 Å². The van der Waals surface area contributed by atoms with Gasteiger partial charge in [-0.05, 0) is 73.9 Å². The maximum Gasteiger partial charge on any atom is 0.338 e. The number of rotatable bonds is 10. The van der Waals surface area contributed by atoms with Gasteiger partial charge in [0, 0.05) is 12.6 Å². The van der Waals surface area contributed by atoms with Crippen LogP contribution in [0.2, 0.25) is 0 Å². The number of piperidine rings is 1. The number of hydrogen-bond acceptors (Lipinski definition) is 9. The number of hydrogen-bond donors (Lipinski definition) is 1. The van der Waals surface area contributed by atoms with Crippen molar-refractivity contribution < 1.29 is 37.9 Å². The van der Waals surface area contributed by atoms with E-state index in [1.165, 1.54) is 30.7 Å².